The van der Waals surface area contributed by atoms with E-state index in [4.69, 9.17) is 4.52 Å². The highest BCUT2D eigenvalue weighted by atomic mass is 16.5. The van der Waals surface area contributed by atoms with Gasteiger partial charge in [0.25, 0.3) is 0 Å². The minimum absolute atomic E-state index is 0.457. The molecule has 0 fully saturated rings. The fraction of sp³-hybridized carbons (Fsp3) is 0.571. The lowest BCUT2D eigenvalue weighted by atomic mass is 10.2. The third-order valence-corrected chi connectivity index (χ3v) is 3.06. The predicted octanol–water partition coefficient (Wildman–Crippen LogP) is 2.01. The molecule has 0 unspecified atom stereocenters. The van der Waals surface area contributed by atoms with Gasteiger partial charge in [-0.3, -0.25) is 0 Å². The van der Waals surface area contributed by atoms with Crippen molar-refractivity contribution in [2.45, 2.75) is 45.7 Å². The second kappa shape index (κ2) is 6.97. The topological polar surface area (TPSA) is 62.5 Å². The first-order chi connectivity index (χ1) is 9.31. The maximum absolute atomic E-state index is 5.23. The lowest BCUT2D eigenvalue weighted by Crippen LogP contribution is -2.42. The zero-order valence-electron chi connectivity index (χ0n) is 11.6. The number of aromatic nitrogens is 1. The van der Waals surface area contributed by atoms with Crippen molar-refractivity contribution >= 4 is 5.96 Å². The highest BCUT2D eigenvalue weighted by molar-refractivity contribution is 5.80. The third-order valence-electron chi connectivity index (χ3n) is 3.06. The van der Waals surface area contributed by atoms with E-state index in [1.54, 1.807) is 0 Å². The van der Waals surface area contributed by atoms with E-state index in [0.717, 1.165) is 43.2 Å². The van der Waals surface area contributed by atoms with Crippen LogP contribution in [0.25, 0.3) is 0 Å². The van der Waals surface area contributed by atoms with Gasteiger partial charge in [-0.05, 0) is 26.2 Å². The summed E-state index contributed by atoms with van der Waals surface area (Å²) in [5.74, 6) is 1.64. The van der Waals surface area contributed by atoms with Crippen LogP contribution in [0.1, 0.15) is 38.1 Å². The molecule has 0 bridgehead atoms. The van der Waals surface area contributed by atoms with Gasteiger partial charge in [0.05, 0.1) is 5.69 Å². The maximum Gasteiger partial charge on any atom is 0.191 e. The summed E-state index contributed by atoms with van der Waals surface area (Å²) in [7, 11) is 0. The minimum atomic E-state index is 0.457. The summed E-state index contributed by atoms with van der Waals surface area (Å²) in [6.45, 7) is 5.49. The van der Waals surface area contributed by atoms with Crippen molar-refractivity contribution in [3.63, 3.8) is 0 Å². The SMILES string of the molecule is CCNC(=NCc1cc(CC)no1)NC1CC=CC1. The largest absolute Gasteiger partial charge is 0.359 e. The molecule has 2 rings (SSSR count). The molecule has 1 aromatic rings. The Morgan fingerprint density at radius 2 is 2.21 bits per heavy atom. The van der Waals surface area contributed by atoms with Crippen molar-refractivity contribution in [2.75, 3.05) is 6.54 Å². The Labute approximate surface area is 114 Å². The van der Waals surface area contributed by atoms with Crippen molar-refractivity contribution in [3.8, 4) is 0 Å². The minimum Gasteiger partial charge on any atom is -0.359 e. The maximum atomic E-state index is 5.23. The fourth-order valence-corrected chi connectivity index (χ4v) is 2.00. The highest BCUT2D eigenvalue weighted by Crippen LogP contribution is 2.09. The average molecular weight is 262 g/mol. The number of hydrogen-bond acceptors (Lipinski definition) is 3. The molecule has 0 saturated carbocycles. The fourth-order valence-electron chi connectivity index (χ4n) is 2.00. The zero-order valence-corrected chi connectivity index (χ0v) is 11.6. The van der Waals surface area contributed by atoms with Gasteiger partial charge in [-0.2, -0.15) is 0 Å². The number of aryl methyl sites for hydroxylation is 1. The summed E-state index contributed by atoms with van der Waals surface area (Å²) in [4.78, 5) is 4.53. The summed E-state index contributed by atoms with van der Waals surface area (Å²) >= 11 is 0. The Kier molecular flexibility index (Phi) is 5.01. The standard InChI is InChI=1S/C14H22N4O/c1-3-11-9-13(19-18-11)10-16-14(15-4-2)17-12-7-5-6-8-12/h5-6,9,12H,3-4,7-8,10H2,1-2H3,(H2,15,16,17). The molecular weight excluding hydrogens is 240 g/mol. The van der Waals surface area contributed by atoms with Crippen LogP contribution in [0.2, 0.25) is 0 Å². The Balaban J connectivity index is 1.91. The van der Waals surface area contributed by atoms with Crippen LogP contribution < -0.4 is 10.6 Å². The Morgan fingerprint density at radius 1 is 1.42 bits per heavy atom. The van der Waals surface area contributed by atoms with Crippen LogP contribution in [-0.4, -0.2) is 23.7 Å². The number of guanidine groups is 1. The zero-order chi connectivity index (χ0) is 13.5. The molecule has 0 saturated heterocycles. The first kappa shape index (κ1) is 13.6. The number of aliphatic imine (C=N–C) groups is 1. The quantitative estimate of drug-likeness (QED) is 0.484. The van der Waals surface area contributed by atoms with Crippen LogP contribution in [0.3, 0.4) is 0 Å². The predicted molar refractivity (Wildman–Crippen MR) is 76.0 cm³/mol. The first-order valence-corrected chi connectivity index (χ1v) is 6.96. The Bertz CT molecular complexity index is 442. The second-order valence-electron chi connectivity index (χ2n) is 4.62. The van der Waals surface area contributed by atoms with Crippen LogP contribution >= 0.6 is 0 Å². The average Bonchev–Trinajstić information content (AvgIpc) is 3.07. The van der Waals surface area contributed by atoms with Gasteiger partial charge in [-0.1, -0.05) is 24.2 Å². The van der Waals surface area contributed by atoms with E-state index < -0.39 is 0 Å². The van der Waals surface area contributed by atoms with Crippen molar-refractivity contribution in [1.82, 2.24) is 15.8 Å². The van der Waals surface area contributed by atoms with Crippen LogP contribution in [0.4, 0.5) is 0 Å². The van der Waals surface area contributed by atoms with Crippen molar-refractivity contribution < 1.29 is 4.52 Å². The highest BCUT2D eigenvalue weighted by Gasteiger charge is 2.11. The first-order valence-electron chi connectivity index (χ1n) is 6.96. The van der Waals surface area contributed by atoms with Gasteiger partial charge in [0.1, 0.15) is 6.54 Å². The van der Waals surface area contributed by atoms with Gasteiger partial charge < -0.3 is 15.2 Å². The molecule has 0 amide bonds. The summed E-state index contributed by atoms with van der Waals surface area (Å²) in [5.41, 5.74) is 0.975. The Hall–Kier alpha value is -1.78. The van der Waals surface area contributed by atoms with E-state index in [9.17, 15) is 0 Å². The summed E-state index contributed by atoms with van der Waals surface area (Å²) in [5, 5.41) is 10.6. The van der Waals surface area contributed by atoms with Gasteiger partial charge in [0.15, 0.2) is 11.7 Å². The number of rotatable bonds is 5. The molecule has 2 N–H and O–H groups in total. The molecule has 5 heteroatoms. The van der Waals surface area contributed by atoms with E-state index in [2.05, 4.69) is 46.8 Å². The number of nitrogens with one attached hydrogen (secondary N) is 2. The molecule has 5 nitrogen and oxygen atoms in total. The van der Waals surface area contributed by atoms with Gasteiger partial charge in [0.2, 0.25) is 0 Å². The van der Waals surface area contributed by atoms with E-state index in [0.29, 0.717) is 12.6 Å². The molecule has 0 aromatic carbocycles. The molecular formula is C14H22N4O. The monoisotopic (exact) mass is 262 g/mol. The van der Waals surface area contributed by atoms with Crippen molar-refractivity contribution in [1.29, 1.82) is 0 Å². The van der Waals surface area contributed by atoms with E-state index in [1.807, 2.05) is 6.07 Å². The van der Waals surface area contributed by atoms with Crippen molar-refractivity contribution in [3.05, 3.63) is 29.7 Å². The lowest BCUT2D eigenvalue weighted by molar-refractivity contribution is 0.379. The summed E-state index contributed by atoms with van der Waals surface area (Å²) < 4.78 is 5.23. The van der Waals surface area contributed by atoms with Crippen molar-refractivity contribution in [2.24, 2.45) is 4.99 Å². The molecule has 1 aromatic heterocycles. The number of hydrogen-bond donors (Lipinski definition) is 2. The summed E-state index contributed by atoms with van der Waals surface area (Å²) in [6, 6.07) is 2.42. The van der Waals surface area contributed by atoms with Gasteiger partial charge >= 0.3 is 0 Å². The molecule has 1 heterocycles. The van der Waals surface area contributed by atoms with Gasteiger partial charge in [0, 0.05) is 18.7 Å². The van der Waals surface area contributed by atoms with Crippen LogP contribution in [-0.2, 0) is 13.0 Å². The lowest BCUT2D eigenvalue weighted by Gasteiger charge is -2.16. The molecule has 0 aliphatic heterocycles. The van der Waals surface area contributed by atoms with Gasteiger partial charge in [-0.15, -0.1) is 0 Å². The van der Waals surface area contributed by atoms with E-state index in [-0.39, 0.29) is 0 Å². The molecule has 0 atom stereocenters. The summed E-state index contributed by atoms with van der Waals surface area (Å²) in [6.07, 6.45) is 7.41. The van der Waals surface area contributed by atoms with Crippen LogP contribution in [0.5, 0.6) is 0 Å². The third kappa shape index (κ3) is 4.12. The molecule has 19 heavy (non-hydrogen) atoms. The van der Waals surface area contributed by atoms with Gasteiger partial charge in [-0.25, -0.2) is 4.99 Å². The van der Waals surface area contributed by atoms with Crippen LogP contribution in [0.15, 0.2) is 27.7 Å². The smallest absolute Gasteiger partial charge is 0.191 e. The molecule has 0 radical (unpaired) electrons. The Morgan fingerprint density at radius 3 is 2.84 bits per heavy atom. The molecule has 1 aliphatic carbocycles. The van der Waals surface area contributed by atoms with E-state index >= 15 is 0 Å². The normalized spacial score (nSPS) is 16.0. The molecule has 104 valence electrons. The van der Waals surface area contributed by atoms with E-state index in [1.165, 1.54) is 0 Å². The van der Waals surface area contributed by atoms with Crippen LogP contribution in [0, 0.1) is 0 Å². The molecule has 0 spiro atoms. The molecule has 1 aliphatic rings. The second-order valence-corrected chi connectivity index (χ2v) is 4.62. The number of nitrogens with zero attached hydrogens (tertiary/aromatic N) is 2.